The van der Waals surface area contributed by atoms with Gasteiger partial charge in [-0.1, -0.05) is 315 Å². The van der Waals surface area contributed by atoms with Gasteiger partial charge in [0.2, 0.25) is 0 Å². The fourth-order valence-electron chi connectivity index (χ4n) is 13.6. The summed E-state index contributed by atoms with van der Waals surface area (Å²) < 4.78 is 0. The van der Waals surface area contributed by atoms with Crippen LogP contribution < -0.4 is 9.80 Å². The minimum Gasteiger partial charge on any atom is -0.310 e. The highest BCUT2D eigenvalue weighted by molar-refractivity contribution is 6.18. The van der Waals surface area contributed by atoms with Gasteiger partial charge in [-0.25, -0.2) is 0 Å². The Balaban J connectivity index is 1.08. The minimum atomic E-state index is -0.247. The van der Waals surface area contributed by atoms with Gasteiger partial charge in [-0.3, -0.25) is 9.98 Å². The van der Waals surface area contributed by atoms with E-state index in [1.165, 1.54) is 0 Å². The van der Waals surface area contributed by atoms with Crippen molar-refractivity contribution in [2.24, 2.45) is 9.98 Å². The van der Waals surface area contributed by atoms with E-state index in [0.717, 1.165) is 112 Å². The highest BCUT2D eigenvalue weighted by atomic mass is 15.1. The minimum absolute atomic E-state index is 0.247. The molecule has 0 radical (unpaired) electrons. The van der Waals surface area contributed by atoms with E-state index in [9.17, 15) is 0 Å². The molecule has 0 heterocycles. The quantitative estimate of drug-likeness (QED) is 0.0530. The molecule has 14 rings (SSSR count). The normalized spacial score (nSPS) is 11.5. The zero-order chi connectivity index (χ0) is 63.1. The number of para-hydroxylation sites is 4. The molecule has 0 spiro atoms. The van der Waals surface area contributed by atoms with Gasteiger partial charge in [-0.2, -0.15) is 0 Å². The Bertz CT molecular complexity index is 3980. The van der Waals surface area contributed by atoms with Gasteiger partial charge < -0.3 is 9.80 Å². The third-order valence-corrected chi connectivity index (χ3v) is 17.7. The number of nitrogens with zero attached hydrogens (tertiary/aromatic N) is 4. The van der Waals surface area contributed by atoms with Crippen molar-refractivity contribution >= 4 is 57.9 Å². The Kier molecular flexibility index (Phi) is 18.3. The number of rotatable bonds is 21. The Labute approximate surface area is 553 Å². The van der Waals surface area contributed by atoms with E-state index in [4.69, 9.17) is 9.98 Å². The second-order valence-corrected chi connectivity index (χ2v) is 23.5. The van der Waals surface area contributed by atoms with Crippen LogP contribution in [-0.4, -0.2) is 12.4 Å². The van der Waals surface area contributed by atoms with Gasteiger partial charge in [0.1, 0.15) is 0 Å². The fraction of sp³-hybridized carbons (Fsp3) is 0.0444. The van der Waals surface area contributed by atoms with Gasteiger partial charge in [0.05, 0.1) is 11.4 Å². The summed E-state index contributed by atoms with van der Waals surface area (Å²) >= 11 is 0. The van der Waals surface area contributed by atoms with Crippen LogP contribution in [0.3, 0.4) is 0 Å². The van der Waals surface area contributed by atoms with E-state index in [1.807, 2.05) is 12.4 Å². The van der Waals surface area contributed by atoms with Gasteiger partial charge in [0.25, 0.3) is 0 Å². The number of hydrogen-bond acceptors (Lipinski definition) is 4. The first-order chi connectivity index (χ1) is 46.7. The average molecular weight is 1210 g/mol. The van der Waals surface area contributed by atoms with Crippen LogP contribution in [0.25, 0.3) is 0 Å². The summed E-state index contributed by atoms with van der Waals surface area (Å²) in [5.74, 6) is -0.986. The zero-order valence-corrected chi connectivity index (χ0v) is 52.2. The largest absolute Gasteiger partial charge is 0.310 e. The Hall–Kier alpha value is -12.0. The summed E-state index contributed by atoms with van der Waals surface area (Å²) in [5, 5.41) is 0. The van der Waals surface area contributed by atoms with Gasteiger partial charge >= 0.3 is 0 Å². The van der Waals surface area contributed by atoms with Crippen LogP contribution in [0, 0.1) is 0 Å². The molecule has 14 aromatic carbocycles. The van der Waals surface area contributed by atoms with E-state index in [2.05, 4.69) is 398 Å². The third-order valence-electron chi connectivity index (χ3n) is 17.7. The van der Waals surface area contributed by atoms with Crippen molar-refractivity contribution in [3.8, 4) is 0 Å². The first kappa shape index (κ1) is 59.6. The number of benzene rings is 14. The predicted molar refractivity (Wildman–Crippen MR) is 394 cm³/mol. The second kappa shape index (κ2) is 28.9. The van der Waals surface area contributed by atoms with Gasteiger partial charge in [0, 0.05) is 70.2 Å². The molecule has 0 atom stereocenters. The molecule has 0 aliphatic heterocycles. The molecule has 4 nitrogen and oxygen atoms in total. The van der Waals surface area contributed by atoms with Crippen LogP contribution in [0.15, 0.2) is 398 Å². The summed E-state index contributed by atoms with van der Waals surface area (Å²) in [7, 11) is 0. The summed E-state index contributed by atoms with van der Waals surface area (Å²) in [6.07, 6.45) is 3.91. The number of anilines is 6. The average Bonchev–Trinajstić information content (AvgIpc) is 0.769. The van der Waals surface area contributed by atoms with Gasteiger partial charge in [-0.05, 0) is 140 Å². The highest BCUT2D eigenvalue weighted by Gasteiger charge is 2.32. The van der Waals surface area contributed by atoms with E-state index >= 15 is 0 Å². The molecule has 0 aliphatic carbocycles. The molecule has 0 saturated heterocycles. The van der Waals surface area contributed by atoms with Crippen molar-refractivity contribution in [1.82, 2.24) is 0 Å². The van der Waals surface area contributed by atoms with Crippen LogP contribution in [0.5, 0.6) is 0 Å². The van der Waals surface area contributed by atoms with Crippen LogP contribution in [0.1, 0.15) is 90.4 Å². The summed E-state index contributed by atoms with van der Waals surface area (Å²) in [6, 6.07) is 140. The molecule has 0 bridgehead atoms. The van der Waals surface area contributed by atoms with E-state index in [-0.39, 0.29) is 23.7 Å². The second-order valence-electron chi connectivity index (χ2n) is 23.5. The molecule has 94 heavy (non-hydrogen) atoms. The summed E-state index contributed by atoms with van der Waals surface area (Å²) in [4.78, 5) is 16.6. The smallest absolute Gasteiger partial charge is 0.0715 e. The maximum absolute atomic E-state index is 5.92. The molecule has 14 aromatic rings. The zero-order valence-electron chi connectivity index (χ0n) is 52.2. The lowest BCUT2D eigenvalue weighted by atomic mass is 9.78. The molecule has 0 aromatic heterocycles. The Morgan fingerprint density at radius 2 is 0.330 bits per heavy atom. The fourth-order valence-corrected chi connectivity index (χ4v) is 13.6. The standard InChI is InChI=1S/C90H70N4/c1-13-37-67(38-14-1)85(68-39-15-2-16-40-68)81-63-79(93(75-53-29-9-30-54-75)76-55-31-10-32-56-76)64-82(86(69-41-17-3-18-42-69)70-43-19-4-20-44-70)89(81)91-61-62-92-90-83(87(71-45-21-5-22-46-71)72-47-23-6-24-48-72)65-80(94(77-57-33-11-34-58-77)78-59-35-12-36-60-78)66-84(90)88(73-49-25-7-26-50-73)74-51-27-8-28-52-74/h1-66,85-88H. The van der Waals surface area contributed by atoms with Crippen molar-refractivity contribution in [3.63, 3.8) is 0 Å². The molecule has 0 fully saturated rings. The molecule has 0 saturated carbocycles. The first-order valence-electron chi connectivity index (χ1n) is 32.3. The third kappa shape index (κ3) is 13.1. The van der Waals surface area contributed by atoms with Crippen molar-refractivity contribution < 1.29 is 0 Å². The molecule has 450 valence electrons. The lowest BCUT2D eigenvalue weighted by Gasteiger charge is -2.31. The molecule has 0 N–H and O–H groups in total. The maximum Gasteiger partial charge on any atom is 0.0715 e. The monoisotopic (exact) mass is 1210 g/mol. The van der Waals surface area contributed by atoms with E-state index in [0.29, 0.717) is 0 Å². The predicted octanol–water partition coefficient (Wildman–Crippen LogP) is 23.5. The first-order valence-corrected chi connectivity index (χ1v) is 32.3. The van der Waals surface area contributed by atoms with Crippen LogP contribution in [0.4, 0.5) is 45.5 Å². The molecular formula is C90H70N4. The summed E-state index contributed by atoms with van der Waals surface area (Å²) in [6.45, 7) is 0. The topological polar surface area (TPSA) is 31.2 Å². The molecular weight excluding hydrogens is 1140 g/mol. The molecule has 0 unspecified atom stereocenters. The number of hydrogen-bond donors (Lipinski definition) is 0. The highest BCUT2D eigenvalue weighted by Crippen LogP contribution is 2.51. The Morgan fingerprint density at radius 1 is 0.181 bits per heavy atom. The van der Waals surface area contributed by atoms with Crippen molar-refractivity contribution in [2.45, 2.75) is 23.7 Å². The lowest BCUT2D eigenvalue weighted by Crippen LogP contribution is -2.14. The molecule has 0 aliphatic rings. The number of aliphatic imine (C=N–C) groups is 2. The lowest BCUT2D eigenvalue weighted by molar-refractivity contribution is 0.937. The van der Waals surface area contributed by atoms with Crippen LogP contribution in [0.2, 0.25) is 0 Å². The van der Waals surface area contributed by atoms with Crippen molar-refractivity contribution in [3.05, 3.63) is 455 Å². The maximum atomic E-state index is 5.92. The van der Waals surface area contributed by atoms with E-state index in [1.54, 1.807) is 0 Å². The van der Waals surface area contributed by atoms with Crippen molar-refractivity contribution in [1.29, 1.82) is 0 Å². The SMILES string of the molecule is C(C=Nc1c(C(c2ccccc2)c2ccccc2)cc(N(c2ccccc2)c2ccccc2)cc1C(c1ccccc1)c1ccccc1)=Nc1c(C(c2ccccc2)c2ccccc2)cc(N(c2ccccc2)c2ccccc2)cc1C(c1ccccc1)c1ccccc1. The van der Waals surface area contributed by atoms with Gasteiger partial charge in [0.15, 0.2) is 0 Å². The van der Waals surface area contributed by atoms with Crippen LogP contribution >= 0.6 is 0 Å². The molecule has 0 amide bonds. The Morgan fingerprint density at radius 3 is 0.489 bits per heavy atom. The van der Waals surface area contributed by atoms with Crippen molar-refractivity contribution in [2.75, 3.05) is 9.80 Å². The van der Waals surface area contributed by atoms with Gasteiger partial charge in [-0.15, -0.1) is 0 Å². The van der Waals surface area contributed by atoms with E-state index < -0.39 is 0 Å². The van der Waals surface area contributed by atoms with Crippen LogP contribution in [-0.2, 0) is 0 Å². The molecule has 4 heteroatoms. The summed E-state index contributed by atoms with van der Waals surface area (Å²) in [5.41, 5.74) is 21.4.